The molecule has 86 heavy (non-hydrogen) atoms. The Bertz CT molecular complexity index is 1730. The second-order valence-electron chi connectivity index (χ2n) is 25.9. The van der Waals surface area contributed by atoms with Crippen LogP contribution in [0.2, 0.25) is 0 Å². The van der Waals surface area contributed by atoms with Gasteiger partial charge in [0, 0.05) is 6.42 Å². The van der Waals surface area contributed by atoms with Crippen LogP contribution in [0.4, 0.5) is 0 Å². The number of nitrogens with one attached hydrogen (secondary N) is 1. The minimum absolute atomic E-state index is 0.0102. The predicted molar refractivity (Wildman–Crippen MR) is 376 cm³/mol. The van der Waals surface area contributed by atoms with E-state index in [1.54, 1.807) is 6.08 Å². The highest BCUT2D eigenvalue weighted by atomic mass is 31.2. The molecule has 0 bridgehead atoms. The van der Waals surface area contributed by atoms with Gasteiger partial charge in [-0.05, 0) is 89.9 Å². The molecule has 0 heterocycles. The molecule has 9 heteroatoms. The Labute approximate surface area is 534 Å². The topological polar surface area (TPSA) is 108 Å². The summed E-state index contributed by atoms with van der Waals surface area (Å²) in [6, 6.07) is -0.914. The molecule has 0 aromatic heterocycles. The summed E-state index contributed by atoms with van der Waals surface area (Å²) in [5, 5.41) is 13.9. The number of phosphoric ester groups is 1. The Hall–Kier alpha value is -2.58. The SMILES string of the molecule is CC/C=C\C/C=C\C/C=C\C/C=C\C/C=C\CCCCCCCCCCCCCCCCCCCCCCCCCC(=O)NC(COP(=O)([O-])OCC[N+](C)(C)C)C(O)/C=C/CC/C=C/CC/C=C/CCCCCCCCCCCCCCCCC. The number of hydrogen-bond acceptors (Lipinski definition) is 6. The van der Waals surface area contributed by atoms with Gasteiger partial charge in [0.05, 0.1) is 39.9 Å². The average molecular weight is 1220 g/mol. The van der Waals surface area contributed by atoms with E-state index in [4.69, 9.17) is 9.05 Å². The average Bonchev–Trinajstić information content (AvgIpc) is 3.70. The second kappa shape index (κ2) is 66.8. The number of rotatable bonds is 67. The van der Waals surface area contributed by atoms with Gasteiger partial charge >= 0.3 is 0 Å². The zero-order valence-corrected chi connectivity index (χ0v) is 58.1. The normalized spacial score (nSPS) is 14.2. The fraction of sp³-hybridized carbons (Fsp3) is 0.779. The molecule has 2 N–H and O–H groups in total. The van der Waals surface area contributed by atoms with Crippen LogP contribution in [0.5, 0.6) is 0 Å². The van der Waals surface area contributed by atoms with Crippen molar-refractivity contribution in [2.45, 2.75) is 347 Å². The summed E-state index contributed by atoms with van der Waals surface area (Å²) in [6.07, 6.45) is 97.0. The standard InChI is InChI=1S/C77H141N2O6P/c1-6-8-10-12-14-16-18-20-22-24-26-28-30-32-33-34-35-36-37-38-39-40-41-42-43-44-45-47-49-51-53-55-57-59-61-63-65-67-69-71-77(81)78-75(74-85-86(82,83)84-73-72-79(3,4)5)76(80)70-68-66-64-62-60-58-56-54-52-50-48-46-31-29-27-25-23-21-19-17-15-13-11-9-7-2/h8,10,14,16,20,22,26,28,32-33,52,54,60,62,68,70,75-76,80H,6-7,9,11-13,15,17-19,21,23-25,27,29-31,34-51,53,55-59,61,63-67,69,71-74H2,1-5H3,(H-,78,81,82,83)/b10-8-,16-14-,22-20-,28-26-,33-32-,54-52+,62-60+,70-68+. The van der Waals surface area contributed by atoms with Gasteiger partial charge in [0.25, 0.3) is 7.82 Å². The van der Waals surface area contributed by atoms with Crippen molar-refractivity contribution >= 4 is 13.7 Å². The van der Waals surface area contributed by atoms with Crippen molar-refractivity contribution < 1.29 is 32.9 Å². The van der Waals surface area contributed by atoms with Gasteiger partial charge in [-0.3, -0.25) is 9.36 Å². The van der Waals surface area contributed by atoms with Crippen molar-refractivity contribution in [2.24, 2.45) is 0 Å². The first kappa shape index (κ1) is 83.4. The zero-order chi connectivity index (χ0) is 62.6. The lowest BCUT2D eigenvalue weighted by atomic mass is 10.0. The van der Waals surface area contributed by atoms with Crippen molar-refractivity contribution in [3.05, 3.63) is 97.2 Å². The highest BCUT2D eigenvalue weighted by Crippen LogP contribution is 2.38. The van der Waals surface area contributed by atoms with E-state index >= 15 is 0 Å². The van der Waals surface area contributed by atoms with Gasteiger partial charge in [-0.2, -0.15) is 0 Å². The minimum atomic E-state index is -4.62. The summed E-state index contributed by atoms with van der Waals surface area (Å²) in [7, 11) is 1.24. The number of aliphatic hydroxyl groups is 1. The number of carbonyl (C=O) groups is 1. The number of allylic oxidation sites excluding steroid dienone is 15. The van der Waals surface area contributed by atoms with Crippen molar-refractivity contribution in [2.75, 3.05) is 40.9 Å². The Kier molecular flexibility index (Phi) is 64.8. The summed E-state index contributed by atoms with van der Waals surface area (Å²) in [5.41, 5.74) is 0. The van der Waals surface area contributed by atoms with E-state index in [2.05, 4.69) is 104 Å². The summed E-state index contributed by atoms with van der Waals surface area (Å²) in [6.45, 7) is 4.54. The van der Waals surface area contributed by atoms with Gasteiger partial charge in [-0.15, -0.1) is 0 Å². The van der Waals surface area contributed by atoms with Gasteiger partial charge < -0.3 is 28.8 Å². The molecule has 1 amide bonds. The third kappa shape index (κ3) is 68.9. The van der Waals surface area contributed by atoms with Crippen LogP contribution in [0, 0.1) is 0 Å². The number of amides is 1. The molecule has 0 radical (unpaired) electrons. The molecular weight excluding hydrogens is 1080 g/mol. The van der Waals surface area contributed by atoms with Crippen LogP contribution in [-0.2, 0) is 18.4 Å². The first-order valence-corrected chi connectivity index (χ1v) is 38.1. The molecule has 0 spiro atoms. The number of carbonyl (C=O) groups excluding carboxylic acids is 1. The number of hydrogen-bond donors (Lipinski definition) is 2. The summed E-state index contributed by atoms with van der Waals surface area (Å²) < 4.78 is 23.4. The Morgan fingerprint density at radius 3 is 1.08 bits per heavy atom. The third-order valence-corrected chi connectivity index (χ3v) is 17.2. The molecule has 0 saturated carbocycles. The van der Waals surface area contributed by atoms with E-state index in [-0.39, 0.29) is 12.5 Å². The molecular formula is C77H141N2O6P. The predicted octanol–water partition coefficient (Wildman–Crippen LogP) is 23.0. The Morgan fingerprint density at radius 1 is 0.419 bits per heavy atom. The maximum absolute atomic E-state index is 13.0. The summed E-state index contributed by atoms with van der Waals surface area (Å²) >= 11 is 0. The fourth-order valence-corrected chi connectivity index (χ4v) is 11.4. The zero-order valence-electron chi connectivity index (χ0n) is 57.3. The largest absolute Gasteiger partial charge is 0.756 e. The maximum atomic E-state index is 13.0. The van der Waals surface area contributed by atoms with Crippen LogP contribution in [0.15, 0.2) is 97.2 Å². The molecule has 3 unspecified atom stereocenters. The maximum Gasteiger partial charge on any atom is 0.268 e. The molecule has 0 rings (SSSR count). The van der Waals surface area contributed by atoms with Crippen molar-refractivity contribution in [1.82, 2.24) is 5.32 Å². The number of aliphatic hydroxyl groups excluding tert-OH is 1. The van der Waals surface area contributed by atoms with E-state index in [9.17, 15) is 19.4 Å². The van der Waals surface area contributed by atoms with E-state index in [0.29, 0.717) is 17.4 Å². The number of nitrogens with zero attached hydrogens (tertiary/aromatic N) is 1. The van der Waals surface area contributed by atoms with Gasteiger partial charge in [0.15, 0.2) is 0 Å². The Morgan fingerprint density at radius 2 is 0.721 bits per heavy atom. The number of likely N-dealkylation sites (N-methyl/N-ethyl adjacent to an activating group) is 1. The molecule has 0 saturated heterocycles. The number of phosphoric acid groups is 1. The van der Waals surface area contributed by atoms with Crippen LogP contribution in [0.1, 0.15) is 335 Å². The van der Waals surface area contributed by atoms with Crippen LogP contribution in [0.3, 0.4) is 0 Å². The molecule has 8 nitrogen and oxygen atoms in total. The van der Waals surface area contributed by atoms with Gasteiger partial charge in [-0.1, -0.05) is 336 Å². The smallest absolute Gasteiger partial charge is 0.268 e. The first-order valence-electron chi connectivity index (χ1n) is 36.6. The van der Waals surface area contributed by atoms with Crippen LogP contribution in [-0.4, -0.2) is 68.5 Å². The lowest BCUT2D eigenvalue weighted by Gasteiger charge is -2.29. The minimum Gasteiger partial charge on any atom is -0.756 e. The number of unbranched alkanes of at least 4 members (excludes halogenated alkanes) is 40. The highest BCUT2D eigenvalue weighted by molar-refractivity contribution is 7.45. The van der Waals surface area contributed by atoms with Crippen LogP contribution >= 0.6 is 7.82 Å². The lowest BCUT2D eigenvalue weighted by molar-refractivity contribution is -0.870. The van der Waals surface area contributed by atoms with Crippen LogP contribution in [0.25, 0.3) is 0 Å². The molecule has 0 aliphatic rings. The molecule has 0 fully saturated rings. The fourth-order valence-electron chi connectivity index (χ4n) is 10.6. The van der Waals surface area contributed by atoms with E-state index in [0.717, 1.165) is 77.0 Å². The molecule has 0 aliphatic heterocycles. The molecule has 500 valence electrons. The van der Waals surface area contributed by atoms with Crippen molar-refractivity contribution in [1.29, 1.82) is 0 Å². The highest BCUT2D eigenvalue weighted by Gasteiger charge is 2.23. The lowest BCUT2D eigenvalue weighted by Crippen LogP contribution is -2.45. The first-order chi connectivity index (χ1) is 42.0. The van der Waals surface area contributed by atoms with Gasteiger partial charge in [0.1, 0.15) is 13.2 Å². The molecule has 3 atom stereocenters. The third-order valence-electron chi connectivity index (χ3n) is 16.3. The van der Waals surface area contributed by atoms with Gasteiger partial charge in [0.2, 0.25) is 5.91 Å². The molecule has 0 aromatic rings. The summed E-state index contributed by atoms with van der Waals surface area (Å²) in [4.78, 5) is 25.6. The summed E-state index contributed by atoms with van der Waals surface area (Å²) in [5.74, 6) is -0.207. The number of quaternary nitrogens is 1. The van der Waals surface area contributed by atoms with Crippen molar-refractivity contribution in [3.8, 4) is 0 Å². The second-order valence-corrected chi connectivity index (χ2v) is 27.3. The van der Waals surface area contributed by atoms with E-state index in [1.165, 1.54) is 238 Å². The molecule has 0 aliphatic carbocycles. The quantitative estimate of drug-likeness (QED) is 0.0272. The Balaban J connectivity index is 4.03. The van der Waals surface area contributed by atoms with Crippen molar-refractivity contribution in [3.63, 3.8) is 0 Å². The van der Waals surface area contributed by atoms with E-state index in [1.807, 2.05) is 27.2 Å². The monoisotopic (exact) mass is 1220 g/mol. The molecule has 0 aromatic carbocycles. The van der Waals surface area contributed by atoms with E-state index < -0.39 is 26.6 Å². The van der Waals surface area contributed by atoms with Gasteiger partial charge in [-0.25, -0.2) is 0 Å². The van der Waals surface area contributed by atoms with Crippen LogP contribution < -0.4 is 10.2 Å².